The van der Waals surface area contributed by atoms with Crippen LogP contribution < -0.4 is 10.9 Å². The van der Waals surface area contributed by atoms with Crippen LogP contribution in [0.4, 0.5) is 0 Å². The van der Waals surface area contributed by atoms with Gasteiger partial charge in [0.2, 0.25) is 5.91 Å². The fraction of sp³-hybridized carbons (Fsp3) is 0.259. The van der Waals surface area contributed by atoms with E-state index in [0.29, 0.717) is 47.6 Å². The predicted octanol–water partition coefficient (Wildman–Crippen LogP) is 5.60. The number of nitrogens with zero attached hydrogens (tertiary/aromatic N) is 2. The number of furan rings is 1. The average Bonchev–Trinajstić information content (AvgIpc) is 3.41. The summed E-state index contributed by atoms with van der Waals surface area (Å²) in [6.45, 7) is 0.850. The number of aromatic nitrogens is 2. The summed E-state index contributed by atoms with van der Waals surface area (Å²) in [6, 6.07) is 18.1. The highest BCUT2D eigenvalue weighted by atomic mass is 79.9. The van der Waals surface area contributed by atoms with Gasteiger partial charge in [0.25, 0.3) is 5.56 Å². The van der Waals surface area contributed by atoms with Gasteiger partial charge in [-0.15, -0.1) is 0 Å². The first-order chi connectivity index (χ1) is 17.5. The van der Waals surface area contributed by atoms with Gasteiger partial charge in [0.15, 0.2) is 10.9 Å². The Hall–Kier alpha value is -3.17. The van der Waals surface area contributed by atoms with Gasteiger partial charge in [-0.05, 0) is 49.2 Å². The van der Waals surface area contributed by atoms with Crippen LogP contribution in [0.5, 0.6) is 0 Å². The minimum atomic E-state index is -0.115. The summed E-state index contributed by atoms with van der Waals surface area (Å²) < 4.78 is 7.78. The normalized spacial score (nSPS) is 11.0. The Morgan fingerprint density at radius 1 is 1.00 bits per heavy atom. The standard InChI is InChI=1S/C27H26BrN3O4S/c28-20-13-11-19(12-14-20)24(32)18-36-27-30-23-9-4-3-8-22(23)26(34)31(27)15-5-1-2-10-25(33)29-17-21-7-6-16-35-21/h3-4,6-9,11-14,16H,1-2,5,10,15,17-18H2,(H,29,33). The number of carbonyl (C=O) groups excluding carboxylic acids is 2. The number of amides is 1. The van der Waals surface area contributed by atoms with Crippen molar-refractivity contribution in [3.05, 3.63) is 93.1 Å². The average molecular weight is 568 g/mol. The highest BCUT2D eigenvalue weighted by molar-refractivity contribution is 9.10. The van der Waals surface area contributed by atoms with E-state index in [4.69, 9.17) is 4.42 Å². The second kappa shape index (κ2) is 12.7. The van der Waals surface area contributed by atoms with Gasteiger partial charge < -0.3 is 9.73 Å². The molecule has 2 heterocycles. The van der Waals surface area contributed by atoms with E-state index in [2.05, 4.69) is 26.2 Å². The Balaban J connectivity index is 1.36. The lowest BCUT2D eigenvalue weighted by atomic mass is 10.2. The van der Waals surface area contributed by atoms with Crippen molar-refractivity contribution in [3.63, 3.8) is 0 Å². The van der Waals surface area contributed by atoms with Crippen molar-refractivity contribution in [2.24, 2.45) is 0 Å². The quantitative estimate of drug-likeness (QED) is 0.103. The van der Waals surface area contributed by atoms with Crippen molar-refractivity contribution in [2.45, 2.75) is 43.9 Å². The molecule has 0 saturated heterocycles. The maximum absolute atomic E-state index is 13.2. The van der Waals surface area contributed by atoms with Crippen LogP contribution in [0.2, 0.25) is 0 Å². The summed E-state index contributed by atoms with van der Waals surface area (Å²) in [6.07, 6.45) is 4.21. The van der Waals surface area contributed by atoms with Gasteiger partial charge in [0.1, 0.15) is 5.76 Å². The zero-order valence-corrected chi connectivity index (χ0v) is 22.0. The van der Waals surface area contributed by atoms with E-state index in [9.17, 15) is 14.4 Å². The molecule has 9 heteroatoms. The number of rotatable bonds is 12. The van der Waals surface area contributed by atoms with E-state index in [1.54, 1.807) is 35.1 Å². The number of Topliss-reactive ketones (excluding diaryl/α,β-unsaturated/α-hetero) is 1. The van der Waals surface area contributed by atoms with E-state index in [0.717, 1.165) is 23.1 Å². The second-order valence-corrected chi connectivity index (χ2v) is 10.1. The number of hydrogen-bond acceptors (Lipinski definition) is 6. The highest BCUT2D eigenvalue weighted by Crippen LogP contribution is 2.21. The molecule has 4 rings (SSSR count). The molecule has 0 aliphatic rings. The number of para-hydroxylation sites is 1. The molecule has 0 bridgehead atoms. The predicted molar refractivity (Wildman–Crippen MR) is 144 cm³/mol. The minimum absolute atomic E-state index is 0.0259. The second-order valence-electron chi connectivity index (χ2n) is 8.25. The number of nitrogens with one attached hydrogen (secondary N) is 1. The van der Waals surface area contributed by atoms with Gasteiger partial charge in [0.05, 0.1) is 29.5 Å². The van der Waals surface area contributed by atoms with Crippen molar-refractivity contribution in [1.82, 2.24) is 14.9 Å². The maximum atomic E-state index is 13.2. The monoisotopic (exact) mass is 567 g/mol. The summed E-state index contributed by atoms with van der Waals surface area (Å²) in [5, 5.41) is 3.92. The number of ketones is 1. The first kappa shape index (κ1) is 25.9. The Morgan fingerprint density at radius 2 is 1.81 bits per heavy atom. The fourth-order valence-electron chi connectivity index (χ4n) is 3.72. The summed E-state index contributed by atoms with van der Waals surface area (Å²) >= 11 is 4.65. The van der Waals surface area contributed by atoms with E-state index >= 15 is 0 Å². The molecule has 186 valence electrons. The van der Waals surface area contributed by atoms with E-state index in [1.165, 1.54) is 11.8 Å². The molecule has 0 radical (unpaired) electrons. The Kier molecular flexibility index (Phi) is 9.13. The van der Waals surface area contributed by atoms with Crippen LogP contribution in [0.25, 0.3) is 10.9 Å². The summed E-state index contributed by atoms with van der Waals surface area (Å²) in [5.41, 5.74) is 1.12. The molecule has 0 aliphatic carbocycles. The van der Waals surface area contributed by atoms with Gasteiger partial charge in [-0.25, -0.2) is 4.98 Å². The summed E-state index contributed by atoms with van der Waals surface area (Å²) in [4.78, 5) is 42.6. The third-order valence-corrected chi connectivity index (χ3v) is 7.16. The fourth-order valence-corrected chi connectivity index (χ4v) is 4.91. The molecule has 2 aromatic heterocycles. The van der Waals surface area contributed by atoms with Crippen LogP contribution in [0.15, 0.2) is 85.8 Å². The number of hydrogen-bond donors (Lipinski definition) is 1. The van der Waals surface area contributed by atoms with E-state index in [1.807, 2.05) is 36.4 Å². The first-order valence-corrected chi connectivity index (χ1v) is 13.5. The topological polar surface area (TPSA) is 94.2 Å². The molecule has 0 unspecified atom stereocenters. The van der Waals surface area contributed by atoms with Crippen molar-refractivity contribution < 1.29 is 14.0 Å². The van der Waals surface area contributed by atoms with Crippen molar-refractivity contribution in [2.75, 3.05) is 5.75 Å². The molecule has 0 spiro atoms. The van der Waals surface area contributed by atoms with E-state index in [-0.39, 0.29) is 23.0 Å². The molecule has 0 aliphatic heterocycles. The molecular weight excluding hydrogens is 542 g/mol. The van der Waals surface area contributed by atoms with Gasteiger partial charge in [0, 0.05) is 23.0 Å². The van der Waals surface area contributed by atoms with Crippen molar-refractivity contribution in [1.29, 1.82) is 0 Å². The molecule has 2 aromatic carbocycles. The smallest absolute Gasteiger partial charge is 0.262 e. The lowest BCUT2D eigenvalue weighted by Gasteiger charge is -2.13. The molecule has 4 aromatic rings. The zero-order chi connectivity index (χ0) is 25.3. The molecule has 36 heavy (non-hydrogen) atoms. The van der Waals surface area contributed by atoms with Crippen LogP contribution in [0.3, 0.4) is 0 Å². The lowest BCUT2D eigenvalue weighted by Crippen LogP contribution is -2.24. The molecule has 1 amide bonds. The number of unbranched alkanes of at least 4 members (excludes halogenated alkanes) is 2. The van der Waals surface area contributed by atoms with Gasteiger partial charge >= 0.3 is 0 Å². The third kappa shape index (κ3) is 6.95. The molecule has 0 atom stereocenters. The lowest BCUT2D eigenvalue weighted by molar-refractivity contribution is -0.121. The number of benzene rings is 2. The molecule has 7 nitrogen and oxygen atoms in total. The van der Waals surface area contributed by atoms with Gasteiger partial charge in [-0.1, -0.05) is 58.4 Å². The Morgan fingerprint density at radius 3 is 2.58 bits per heavy atom. The zero-order valence-electron chi connectivity index (χ0n) is 19.6. The van der Waals surface area contributed by atoms with E-state index < -0.39 is 0 Å². The Bertz CT molecular complexity index is 1380. The number of thioether (sulfide) groups is 1. The highest BCUT2D eigenvalue weighted by Gasteiger charge is 2.14. The first-order valence-electron chi connectivity index (χ1n) is 11.7. The largest absolute Gasteiger partial charge is 0.467 e. The van der Waals surface area contributed by atoms with Crippen molar-refractivity contribution >= 4 is 50.3 Å². The molecular formula is C27H26BrN3O4S. The Labute approximate surface area is 221 Å². The minimum Gasteiger partial charge on any atom is -0.467 e. The summed E-state index contributed by atoms with van der Waals surface area (Å²) in [7, 11) is 0. The van der Waals surface area contributed by atoms with Crippen LogP contribution in [0, 0.1) is 0 Å². The van der Waals surface area contributed by atoms with Crippen LogP contribution >= 0.6 is 27.7 Å². The molecule has 0 fully saturated rings. The number of carbonyl (C=O) groups is 2. The van der Waals surface area contributed by atoms with Crippen LogP contribution in [-0.2, 0) is 17.9 Å². The SMILES string of the molecule is O=C(CCCCCn1c(SCC(=O)c2ccc(Br)cc2)nc2ccccc2c1=O)NCc1ccco1. The molecule has 0 saturated carbocycles. The van der Waals surface area contributed by atoms with Crippen molar-refractivity contribution in [3.8, 4) is 0 Å². The third-order valence-electron chi connectivity index (χ3n) is 5.65. The molecule has 1 N–H and O–H groups in total. The van der Waals surface area contributed by atoms with Gasteiger partial charge in [-0.2, -0.15) is 0 Å². The van der Waals surface area contributed by atoms with Gasteiger partial charge in [-0.3, -0.25) is 19.0 Å². The van der Waals surface area contributed by atoms with Crippen LogP contribution in [0.1, 0.15) is 41.8 Å². The number of halogens is 1. The number of fused-ring (bicyclic) bond motifs is 1. The maximum Gasteiger partial charge on any atom is 0.262 e. The van der Waals surface area contributed by atoms with Crippen LogP contribution in [-0.4, -0.2) is 27.0 Å². The summed E-state index contributed by atoms with van der Waals surface area (Å²) in [5.74, 6) is 0.846.